The van der Waals surface area contributed by atoms with Crippen molar-refractivity contribution in [1.29, 1.82) is 0 Å². The van der Waals surface area contributed by atoms with Gasteiger partial charge in [0.25, 0.3) is 0 Å². The van der Waals surface area contributed by atoms with Gasteiger partial charge in [-0.25, -0.2) is 0 Å². The van der Waals surface area contributed by atoms with Gasteiger partial charge in [0, 0.05) is 5.56 Å². The van der Waals surface area contributed by atoms with Crippen LogP contribution >= 0.6 is 0 Å². The molecular formula is C16H18O2. The van der Waals surface area contributed by atoms with E-state index >= 15 is 0 Å². The SMILES string of the molecule is COc1ccc(-c2cc(C)ccc2OC)cc1C. The van der Waals surface area contributed by atoms with Gasteiger partial charge in [-0.1, -0.05) is 17.7 Å². The highest BCUT2D eigenvalue weighted by Crippen LogP contribution is 2.33. The molecule has 0 saturated carbocycles. The fourth-order valence-electron chi connectivity index (χ4n) is 2.09. The fraction of sp³-hybridized carbons (Fsp3) is 0.250. The number of ether oxygens (including phenoxy) is 2. The first-order valence-corrected chi connectivity index (χ1v) is 5.95. The summed E-state index contributed by atoms with van der Waals surface area (Å²) in [6, 6.07) is 12.4. The molecular weight excluding hydrogens is 224 g/mol. The summed E-state index contributed by atoms with van der Waals surface area (Å²) in [5.41, 5.74) is 4.61. The number of methoxy groups -OCH3 is 2. The summed E-state index contributed by atoms with van der Waals surface area (Å²) in [4.78, 5) is 0. The molecule has 0 aliphatic rings. The second-order valence-electron chi connectivity index (χ2n) is 4.39. The van der Waals surface area contributed by atoms with Gasteiger partial charge in [-0.2, -0.15) is 0 Å². The monoisotopic (exact) mass is 242 g/mol. The van der Waals surface area contributed by atoms with Crippen molar-refractivity contribution in [1.82, 2.24) is 0 Å². The van der Waals surface area contributed by atoms with Crippen LogP contribution in [-0.2, 0) is 0 Å². The average Bonchev–Trinajstić information content (AvgIpc) is 2.38. The Hall–Kier alpha value is -1.96. The molecule has 0 aliphatic heterocycles. The van der Waals surface area contributed by atoms with Crippen molar-refractivity contribution in [2.75, 3.05) is 14.2 Å². The fourth-order valence-corrected chi connectivity index (χ4v) is 2.09. The molecule has 2 nitrogen and oxygen atoms in total. The lowest BCUT2D eigenvalue weighted by Crippen LogP contribution is -1.91. The van der Waals surface area contributed by atoms with Crippen LogP contribution in [0.3, 0.4) is 0 Å². The highest BCUT2D eigenvalue weighted by atomic mass is 16.5. The maximum absolute atomic E-state index is 5.42. The Morgan fingerprint density at radius 3 is 2.06 bits per heavy atom. The maximum Gasteiger partial charge on any atom is 0.126 e. The molecule has 0 atom stereocenters. The van der Waals surface area contributed by atoms with Gasteiger partial charge in [-0.15, -0.1) is 0 Å². The lowest BCUT2D eigenvalue weighted by molar-refractivity contribution is 0.411. The molecule has 18 heavy (non-hydrogen) atoms. The van der Waals surface area contributed by atoms with Crippen LogP contribution in [0.1, 0.15) is 11.1 Å². The van der Waals surface area contributed by atoms with Gasteiger partial charge < -0.3 is 9.47 Å². The highest BCUT2D eigenvalue weighted by Gasteiger charge is 2.08. The predicted octanol–water partition coefficient (Wildman–Crippen LogP) is 3.99. The quantitative estimate of drug-likeness (QED) is 0.810. The molecule has 0 amide bonds. The van der Waals surface area contributed by atoms with Crippen LogP contribution < -0.4 is 9.47 Å². The molecule has 94 valence electrons. The van der Waals surface area contributed by atoms with Crippen molar-refractivity contribution in [3.8, 4) is 22.6 Å². The van der Waals surface area contributed by atoms with Crippen LogP contribution in [-0.4, -0.2) is 14.2 Å². The van der Waals surface area contributed by atoms with E-state index in [4.69, 9.17) is 9.47 Å². The van der Waals surface area contributed by atoms with Crippen molar-refractivity contribution in [2.24, 2.45) is 0 Å². The lowest BCUT2D eigenvalue weighted by Gasteiger charge is -2.12. The molecule has 0 aliphatic carbocycles. The van der Waals surface area contributed by atoms with Crippen LogP contribution in [0.5, 0.6) is 11.5 Å². The van der Waals surface area contributed by atoms with E-state index in [1.54, 1.807) is 14.2 Å². The average molecular weight is 242 g/mol. The molecule has 0 N–H and O–H groups in total. The summed E-state index contributed by atoms with van der Waals surface area (Å²) in [5, 5.41) is 0. The zero-order valence-electron chi connectivity index (χ0n) is 11.3. The topological polar surface area (TPSA) is 18.5 Å². The van der Waals surface area contributed by atoms with Gasteiger partial charge in [0.05, 0.1) is 14.2 Å². The second-order valence-corrected chi connectivity index (χ2v) is 4.39. The summed E-state index contributed by atoms with van der Waals surface area (Å²) in [6.45, 7) is 4.13. The summed E-state index contributed by atoms with van der Waals surface area (Å²) in [5.74, 6) is 1.80. The number of hydrogen-bond donors (Lipinski definition) is 0. The molecule has 2 aromatic carbocycles. The van der Waals surface area contributed by atoms with E-state index in [-0.39, 0.29) is 0 Å². The molecule has 0 heterocycles. The van der Waals surface area contributed by atoms with Crippen LogP contribution in [0.4, 0.5) is 0 Å². The standard InChI is InChI=1S/C16H18O2/c1-11-5-7-16(18-4)14(9-11)13-6-8-15(17-3)12(2)10-13/h5-10H,1-4H3. The van der Waals surface area contributed by atoms with Gasteiger partial charge >= 0.3 is 0 Å². The van der Waals surface area contributed by atoms with Crippen molar-refractivity contribution < 1.29 is 9.47 Å². The molecule has 0 aromatic heterocycles. The third kappa shape index (κ3) is 2.33. The molecule has 0 spiro atoms. The van der Waals surface area contributed by atoms with Crippen molar-refractivity contribution in [3.05, 3.63) is 47.5 Å². The van der Waals surface area contributed by atoms with Gasteiger partial charge in [0.15, 0.2) is 0 Å². The molecule has 0 bridgehead atoms. The van der Waals surface area contributed by atoms with Gasteiger partial charge in [-0.3, -0.25) is 0 Å². The first-order chi connectivity index (χ1) is 8.65. The Labute approximate surface area is 108 Å². The number of benzene rings is 2. The number of hydrogen-bond acceptors (Lipinski definition) is 2. The van der Waals surface area contributed by atoms with E-state index in [2.05, 4.69) is 31.2 Å². The van der Waals surface area contributed by atoms with E-state index < -0.39 is 0 Å². The van der Waals surface area contributed by atoms with Crippen molar-refractivity contribution in [2.45, 2.75) is 13.8 Å². The molecule has 0 unspecified atom stereocenters. The molecule has 0 radical (unpaired) electrons. The van der Waals surface area contributed by atoms with Crippen LogP contribution in [0.25, 0.3) is 11.1 Å². The van der Waals surface area contributed by atoms with Crippen molar-refractivity contribution >= 4 is 0 Å². The van der Waals surface area contributed by atoms with Gasteiger partial charge in [-0.05, 0) is 49.2 Å². The first kappa shape index (κ1) is 12.5. The highest BCUT2D eigenvalue weighted by molar-refractivity contribution is 5.72. The molecule has 2 rings (SSSR count). The lowest BCUT2D eigenvalue weighted by atomic mass is 10.0. The third-order valence-corrected chi connectivity index (χ3v) is 3.06. The Balaban J connectivity index is 2.54. The predicted molar refractivity (Wildman–Crippen MR) is 74.5 cm³/mol. The van der Waals surface area contributed by atoms with E-state index in [9.17, 15) is 0 Å². The van der Waals surface area contributed by atoms with Crippen molar-refractivity contribution in [3.63, 3.8) is 0 Å². The summed E-state index contributed by atoms with van der Waals surface area (Å²) >= 11 is 0. The molecule has 0 saturated heterocycles. The summed E-state index contributed by atoms with van der Waals surface area (Å²) in [7, 11) is 3.39. The molecule has 0 fully saturated rings. The minimum atomic E-state index is 0.894. The zero-order chi connectivity index (χ0) is 13.1. The van der Waals surface area contributed by atoms with E-state index in [0.717, 1.165) is 28.2 Å². The third-order valence-electron chi connectivity index (χ3n) is 3.06. The Morgan fingerprint density at radius 1 is 0.778 bits per heavy atom. The van der Waals surface area contributed by atoms with Gasteiger partial charge in [0.1, 0.15) is 11.5 Å². The second kappa shape index (κ2) is 5.13. The Bertz CT molecular complexity index is 559. The van der Waals surface area contributed by atoms with E-state index in [0.29, 0.717) is 0 Å². The van der Waals surface area contributed by atoms with Crippen LogP contribution in [0.15, 0.2) is 36.4 Å². The largest absolute Gasteiger partial charge is 0.496 e. The molecule has 2 aromatic rings. The Kier molecular flexibility index (Phi) is 3.56. The number of aryl methyl sites for hydroxylation is 2. The molecule has 2 heteroatoms. The van der Waals surface area contributed by atoms with Crippen LogP contribution in [0.2, 0.25) is 0 Å². The van der Waals surface area contributed by atoms with Crippen LogP contribution in [0, 0.1) is 13.8 Å². The minimum Gasteiger partial charge on any atom is -0.496 e. The smallest absolute Gasteiger partial charge is 0.126 e. The summed E-state index contributed by atoms with van der Waals surface area (Å²) in [6.07, 6.45) is 0. The minimum absolute atomic E-state index is 0.894. The zero-order valence-corrected chi connectivity index (χ0v) is 11.3. The summed E-state index contributed by atoms with van der Waals surface area (Å²) < 4.78 is 10.7. The van der Waals surface area contributed by atoms with E-state index in [1.807, 2.05) is 19.1 Å². The Morgan fingerprint density at radius 2 is 1.44 bits per heavy atom. The van der Waals surface area contributed by atoms with Gasteiger partial charge in [0.2, 0.25) is 0 Å². The van der Waals surface area contributed by atoms with E-state index in [1.165, 1.54) is 5.56 Å². The first-order valence-electron chi connectivity index (χ1n) is 5.95. The normalized spacial score (nSPS) is 10.2. The number of rotatable bonds is 3. The maximum atomic E-state index is 5.42.